The largest absolute Gasteiger partial charge is 0.359 e. The highest BCUT2D eigenvalue weighted by Crippen LogP contribution is 2.20. The van der Waals surface area contributed by atoms with Crippen LogP contribution in [-0.4, -0.2) is 40.5 Å². The zero-order chi connectivity index (χ0) is 19.9. The van der Waals surface area contributed by atoms with Crippen LogP contribution in [0.25, 0.3) is 11.4 Å². The van der Waals surface area contributed by atoms with E-state index in [1.54, 1.807) is 18.5 Å². The Bertz CT molecular complexity index is 913. The first-order chi connectivity index (χ1) is 13.5. The molecule has 28 heavy (non-hydrogen) atoms. The zero-order valence-electron chi connectivity index (χ0n) is 16.5. The molecule has 0 saturated heterocycles. The molecular formula is C22H25N5O. The number of nitrogens with one attached hydrogen (secondary N) is 1. The molecule has 1 aromatic carbocycles. The fourth-order valence-corrected chi connectivity index (χ4v) is 2.76. The van der Waals surface area contributed by atoms with Gasteiger partial charge in [0.15, 0.2) is 5.82 Å². The second-order valence-electron chi connectivity index (χ2n) is 6.96. The SMILES string of the molecule is CC(C)NC(=O)c1cc(N(C)CCc2ccncc2)nc(-c2ccccc2)n1. The molecule has 144 valence electrons. The Balaban J connectivity index is 1.89. The van der Waals surface area contributed by atoms with Crippen LogP contribution in [0.3, 0.4) is 0 Å². The lowest BCUT2D eigenvalue weighted by molar-refractivity contribution is 0.0938. The molecule has 3 rings (SSSR count). The predicted molar refractivity (Wildman–Crippen MR) is 111 cm³/mol. The van der Waals surface area contributed by atoms with E-state index in [4.69, 9.17) is 4.98 Å². The number of nitrogens with zero attached hydrogens (tertiary/aromatic N) is 4. The number of amides is 1. The van der Waals surface area contributed by atoms with E-state index in [0.717, 1.165) is 24.3 Å². The lowest BCUT2D eigenvalue weighted by Gasteiger charge is -2.20. The highest BCUT2D eigenvalue weighted by molar-refractivity contribution is 5.93. The fourth-order valence-electron chi connectivity index (χ4n) is 2.76. The first-order valence-corrected chi connectivity index (χ1v) is 9.38. The summed E-state index contributed by atoms with van der Waals surface area (Å²) in [7, 11) is 1.97. The van der Waals surface area contributed by atoms with E-state index in [9.17, 15) is 4.79 Å². The number of pyridine rings is 1. The van der Waals surface area contributed by atoms with Gasteiger partial charge >= 0.3 is 0 Å². The Labute approximate surface area is 165 Å². The molecule has 1 N–H and O–H groups in total. The molecule has 0 bridgehead atoms. The van der Waals surface area contributed by atoms with Crippen LogP contribution in [0.4, 0.5) is 5.82 Å². The molecule has 6 heteroatoms. The number of carbonyl (C=O) groups is 1. The van der Waals surface area contributed by atoms with Gasteiger partial charge in [-0.05, 0) is 38.0 Å². The smallest absolute Gasteiger partial charge is 0.270 e. The zero-order valence-corrected chi connectivity index (χ0v) is 16.5. The summed E-state index contributed by atoms with van der Waals surface area (Å²) in [5.74, 6) is 1.07. The van der Waals surface area contributed by atoms with Crippen LogP contribution in [0.1, 0.15) is 29.9 Å². The Hall–Kier alpha value is -3.28. The van der Waals surface area contributed by atoms with Gasteiger partial charge in [0.25, 0.3) is 5.91 Å². The van der Waals surface area contributed by atoms with Gasteiger partial charge in [-0.1, -0.05) is 30.3 Å². The van der Waals surface area contributed by atoms with Crippen molar-refractivity contribution in [3.8, 4) is 11.4 Å². The van der Waals surface area contributed by atoms with Crippen molar-refractivity contribution in [1.82, 2.24) is 20.3 Å². The van der Waals surface area contributed by atoms with Crippen LogP contribution in [0.2, 0.25) is 0 Å². The van der Waals surface area contributed by atoms with Crippen LogP contribution >= 0.6 is 0 Å². The molecule has 0 radical (unpaired) electrons. The summed E-state index contributed by atoms with van der Waals surface area (Å²) >= 11 is 0. The maximum atomic E-state index is 12.6. The molecule has 1 amide bonds. The molecule has 0 aliphatic heterocycles. The molecule has 0 fully saturated rings. The minimum Gasteiger partial charge on any atom is -0.359 e. The Kier molecular flexibility index (Phi) is 6.32. The van der Waals surface area contributed by atoms with Gasteiger partial charge < -0.3 is 10.2 Å². The van der Waals surface area contributed by atoms with Gasteiger partial charge in [0.2, 0.25) is 0 Å². The number of carbonyl (C=O) groups excluding carboxylic acids is 1. The van der Waals surface area contributed by atoms with Gasteiger partial charge in [-0.3, -0.25) is 9.78 Å². The molecule has 0 unspecified atom stereocenters. The molecule has 0 aliphatic carbocycles. The van der Waals surface area contributed by atoms with Gasteiger partial charge in [-0.25, -0.2) is 9.97 Å². The van der Waals surface area contributed by atoms with E-state index in [0.29, 0.717) is 11.5 Å². The quantitative estimate of drug-likeness (QED) is 0.686. The van der Waals surface area contributed by atoms with Gasteiger partial charge in [-0.15, -0.1) is 0 Å². The van der Waals surface area contributed by atoms with Crippen LogP contribution in [0, 0.1) is 0 Å². The summed E-state index contributed by atoms with van der Waals surface area (Å²) in [6.45, 7) is 4.62. The van der Waals surface area contributed by atoms with Crippen molar-refractivity contribution in [3.63, 3.8) is 0 Å². The van der Waals surface area contributed by atoms with Gasteiger partial charge in [0.1, 0.15) is 11.5 Å². The van der Waals surface area contributed by atoms with E-state index < -0.39 is 0 Å². The van der Waals surface area contributed by atoms with Crippen LogP contribution in [-0.2, 0) is 6.42 Å². The maximum Gasteiger partial charge on any atom is 0.270 e. The first-order valence-electron chi connectivity index (χ1n) is 9.38. The number of rotatable bonds is 7. The van der Waals surface area contributed by atoms with E-state index in [-0.39, 0.29) is 11.9 Å². The fraction of sp³-hybridized carbons (Fsp3) is 0.273. The van der Waals surface area contributed by atoms with Crippen molar-refractivity contribution in [2.75, 3.05) is 18.5 Å². The minimum absolute atomic E-state index is 0.0375. The van der Waals surface area contributed by atoms with Gasteiger partial charge in [0.05, 0.1) is 0 Å². The minimum atomic E-state index is -0.196. The van der Waals surface area contributed by atoms with E-state index in [1.807, 2.05) is 68.3 Å². The van der Waals surface area contributed by atoms with Crippen molar-refractivity contribution in [3.05, 3.63) is 72.2 Å². The van der Waals surface area contributed by atoms with Crippen molar-refractivity contribution in [1.29, 1.82) is 0 Å². The van der Waals surface area contributed by atoms with Gasteiger partial charge in [0, 0.05) is 43.7 Å². The van der Waals surface area contributed by atoms with E-state index in [1.165, 1.54) is 5.56 Å². The Morgan fingerprint density at radius 3 is 2.46 bits per heavy atom. The standard InChI is InChI=1S/C22H25N5O/c1-16(2)24-22(28)19-15-20(26-21(25-19)18-7-5-4-6-8-18)27(3)14-11-17-9-12-23-13-10-17/h4-10,12-13,15-16H,11,14H2,1-3H3,(H,24,28). The second kappa shape index (κ2) is 9.08. The number of likely N-dealkylation sites (N-methyl/N-ethyl adjacent to an activating group) is 1. The summed E-state index contributed by atoms with van der Waals surface area (Å²) < 4.78 is 0. The number of hydrogen-bond donors (Lipinski definition) is 1. The van der Waals surface area contributed by atoms with Crippen molar-refractivity contribution in [2.45, 2.75) is 26.3 Å². The Morgan fingerprint density at radius 1 is 1.07 bits per heavy atom. The highest BCUT2D eigenvalue weighted by atomic mass is 16.1. The van der Waals surface area contributed by atoms with Gasteiger partial charge in [-0.2, -0.15) is 0 Å². The maximum absolute atomic E-state index is 12.6. The van der Waals surface area contributed by atoms with Crippen molar-refractivity contribution >= 4 is 11.7 Å². The summed E-state index contributed by atoms with van der Waals surface area (Å²) in [5, 5.41) is 2.91. The van der Waals surface area contributed by atoms with Crippen LogP contribution in [0.15, 0.2) is 60.9 Å². The topological polar surface area (TPSA) is 71.0 Å². The molecule has 0 saturated carbocycles. The monoisotopic (exact) mass is 375 g/mol. The Morgan fingerprint density at radius 2 is 1.79 bits per heavy atom. The average Bonchev–Trinajstić information content (AvgIpc) is 2.72. The number of benzene rings is 1. The summed E-state index contributed by atoms with van der Waals surface area (Å²) in [5.41, 5.74) is 2.45. The lowest BCUT2D eigenvalue weighted by atomic mass is 10.2. The highest BCUT2D eigenvalue weighted by Gasteiger charge is 2.15. The first kappa shape index (κ1) is 19.5. The van der Waals surface area contributed by atoms with Crippen molar-refractivity contribution in [2.24, 2.45) is 0 Å². The predicted octanol–water partition coefficient (Wildman–Crippen LogP) is 3.36. The number of hydrogen-bond acceptors (Lipinski definition) is 5. The molecule has 2 aromatic heterocycles. The third-order valence-corrected chi connectivity index (χ3v) is 4.27. The summed E-state index contributed by atoms with van der Waals surface area (Å²) in [6, 6.07) is 15.5. The molecule has 2 heterocycles. The molecule has 0 spiro atoms. The molecule has 0 atom stereocenters. The normalized spacial score (nSPS) is 10.7. The summed E-state index contributed by atoms with van der Waals surface area (Å²) in [4.78, 5) is 27.9. The molecule has 3 aromatic rings. The van der Waals surface area contributed by atoms with Crippen molar-refractivity contribution < 1.29 is 4.79 Å². The average molecular weight is 375 g/mol. The number of aromatic nitrogens is 3. The van der Waals surface area contributed by atoms with E-state index in [2.05, 4.69) is 15.3 Å². The second-order valence-corrected chi connectivity index (χ2v) is 6.96. The molecule has 6 nitrogen and oxygen atoms in total. The lowest BCUT2D eigenvalue weighted by Crippen LogP contribution is -2.31. The van der Waals surface area contributed by atoms with Crippen LogP contribution < -0.4 is 10.2 Å². The summed E-state index contributed by atoms with van der Waals surface area (Å²) in [6.07, 6.45) is 4.45. The number of anilines is 1. The van der Waals surface area contributed by atoms with E-state index >= 15 is 0 Å². The third kappa shape index (κ3) is 5.13. The van der Waals surface area contributed by atoms with Crippen LogP contribution in [0.5, 0.6) is 0 Å². The third-order valence-electron chi connectivity index (χ3n) is 4.27. The molecular weight excluding hydrogens is 350 g/mol. The molecule has 0 aliphatic rings.